The SMILES string of the molecule is COc1cc(OC)cc(-c2cc(C=O)c(O)c(OC)c2OC)c1. The number of aromatic hydroxyl groups is 1. The molecule has 2 aromatic carbocycles. The second-order valence-corrected chi connectivity index (χ2v) is 4.65. The van der Waals surface area contributed by atoms with Crippen molar-refractivity contribution < 1.29 is 28.8 Å². The molecular weight excluding hydrogens is 300 g/mol. The first-order valence-electron chi connectivity index (χ1n) is 6.76. The smallest absolute Gasteiger partial charge is 0.204 e. The van der Waals surface area contributed by atoms with Gasteiger partial charge in [0, 0.05) is 11.6 Å². The van der Waals surface area contributed by atoms with Crippen molar-refractivity contribution >= 4 is 6.29 Å². The van der Waals surface area contributed by atoms with Gasteiger partial charge in [0.2, 0.25) is 5.75 Å². The van der Waals surface area contributed by atoms with E-state index < -0.39 is 0 Å². The molecule has 0 unspecified atom stereocenters. The summed E-state index contributed by atoms with van der Waals surface area (Å²) in [5.41, 5.74) is 1.36. The number of carbonyl (C=O) groups is 1. The van der Waals surface area contributed by atoms with E-state index in [1.165, 1.54) is 20.3 Å². The van der Waals surface area contributed by atoms with Crippen LogP contribution in [0.2, 0.25) is 0 Å². The molecule has 0 amide bonds. The maximum absolute atomic E-state index is 11.2. The van der Waals surface area contributed by atoms with Crippen LogP contribution >= 0.6 is 0 Å². The van der Waals surface area contributed by atoms with Gasteiger partial charge >= 0.3 is 0 Å². The number of rotatable bonds is 6. The molecule has 0 aliphatic rings. The Morgan fingerprint density at radius 2 is 1.39 bits per heavy atom. The maximum atomic E-state index is 11.2. The molecule has 0 aromatic heterocycles. The fraction of sp³-hybridized carbons (Fsp3) is 0.235. The van der Waals surface area contributed by atoms with Crippen molar-refractivity contribution in [1.82, 2.24) is 0 Å². The standard InChI is InChI=1S/C17H18O6/c1-20-12-5-10(6-13(8-12)21-2)14-7-11(9-18)15(19)17(23-4)16(14)22-3/h5-9,19H,1-4H3. The molecular formula is C17H18O6. The Morgan fingerprint density at radius 3 is 1.83 bits per heavy atom. The summed E-state index contributed by atoms with van der Waals surface area (Å²) in [5.74, 6) is 1.31. The minimum atomic E-state index is -0.266. The average Bonchev–Trinajstić information content (AvgIpc) is 2.60. The first kappa shape index (κ1) is 16.5. The van der Waals surface area contributed by atoms with Gasteiger partial charge < -0.3 is 24.1 Å². The van der Waals surface area contributed by atoms with Crippen LogP contribution in [0.4, 0.5) is 0 Å². The molecule has 0 spiro atoms. The maximum Gasteiger partial charge on any atom is 0.204 e. The third-order valence-corrected chi connectivity index (χ3v) is 3.44. The fourth-order valence-electron chi connectivity index (χ4n) is 2.31. The van der Waals surface area contributed by atoms with Gasteiger partial charge in [-0.15, -0.1) is 0 Å². The molecule has 6 nitrogen and oxygen atoms in total. The van der Waals surface area contributed by atoms with Crippen LogP contribution < -0.4 is 18.9 Å². The Labute approximate surface area is 134 Å². The lowest BCUT2D eigenvalue weighted by Gasteiger charge is -2.16. The number of phenols is 1. The largest absolute Gasteiger partial charge is 0.504 e. The van der Waals surface area contributed by atoms with Crippen molar-refractivity contribution in [3.05, 3.63) is 29.8 Å². The quantitative estimate of drug-likeness (QED) is 0.826. The van der Waals surface area contributed by atoms with Crippen molar-refractivity contribution in [1.29, 1.82) is 0 Å². The third-order valence-electron chi connectivity index (χ3n) is 3.44. The molecule has 2 aromatic rings. The number of hydrogen-bond acceptors (Lipinski definition) is 6. The lowest BCUT2D eigenvalue weighted by molar-refractivity contribution is 0.112. The van der Waals surface area contributed by atoms with E-state index in [0.29, 0.717) is 34.7 Å². The summed E-state index contributed by atoms with van der Waals surface area (Å²) in [6.07, 6.45) is 0.554. The molecule has 0 aliphatic carbocycles. The summed E-state index contributed by atoms with van der Waals surface area (Å²) in [6, 6.07) is 6.79. The van der Waals surface area contributed by atoms with E-state index in [4.69, 9.17) is 18.9 Å². The Balaban J connectivity index is 2.79. The minimum Gasteiger partial charge on any atom is -0.504 e. The monoisotopic (exact) mass is 318 g/mol. The van der Waals surface area contributed by atoms with E-state index in [1.807, 2.05) is 0 Å². The first-order chi connectivity index (χ1) is 11.1. The lowest BCUT2D eigenvalue weighted by atomic mass is 10.00. The molecule has 0 saturated carbocycles. The van der Waals surface area contributed by atoms with Crippen molar-refractivity contribution in [2.45, 2.75) is 0 Å². The summed E-state index contributed by atoms with van der Waals surface area (Å²) in [6.45, 7) is 0. The molecule has 0 heterocycles. The number of hydrogen-bond donors (Lipinski definition) is 1. The van der Waals surface area contributed by atoms with Crippen LogP contribution in [0.15, 0.2) is 24.3 Å². The van der Waals surface area contributed by atoms with Gasteiger partial charge in [-0.3, -0.25) is 4.79 Å². The predicted molar refractivity (Wildman–Crippen MR) is 85.1 cm³/mol. The number of methoxy groups -OCH3 is 4. The number of benzene rings is 2. The predicted octanol–water partition coefficient (Wildman–Crippen LogP) is 2.91. The molecule has 23 heavy (non-hydrogen) atoms. The number of aldehydes is 1. The molecule has 0 bridgehead atoms. The van der Waals surface area contributed by atoms with E-state index >= 15 is 0 Å². The molecule has 0 radical (unpaired) electrons. The molecule has 122 valence electrons. The van der Waals surface area contributed by atoms with Crippen molar-refractivity contribution in [2.75, 3.05) is 28.4 Å². The average molecular weight is 318 g/mol. The van der Waals surface area contributed by atoms with Crippen LogP contribution in [-0.2, 0) is 0 Å². The van der Waals surface area contributed by atoms with Crippen LogP contribution in [0.5, 0.6) is 28.7 Å². The van der Waals surface area contributed by atoms with Gasteiger partial charge in [-0.25, -0.2) is 0 Å². The van der Waals surface area contributed by atoms with Gasteiger partial charge in [-0.2, -0.15) is 0 Å². The summed E-state index contributed by atoms with van der Waals surface area (Å²) in [5, 5.41) is 10.1. The second kappa shape index (κ2) is 6.91. The highest BCUT2D eigenvalue weighted by molar-refractivity contribution is 5.89. The van der Waals surface area contributed by atoms with E-state index in [9.17, 15) is 9.90 Å². The van der Waals surface area contributed by atoms with Gasteiger partial charge in [0.1, 0.15) is 11.5 Å². The zero-order valence-corrected chi connectivity index (χ0v) is 13.4. The zero-order valence-electron chi connectivity index (χ0n) is 13.4. The molecule has 6 heteroatoms. The summed E-state index contributed by atoms with van der Waals surface area (Å²) >= 11 is 0. The minimum absolute atomic E-state index is 0.0916. The van der Waals surface area contributed by atoms with Crippen LogP contribution in [0.3, 0.4) is 0 Å². The Hall–Kier alpha value is -2.89. The van der Waals surface area contributed by atoms with E-state index in [2.05, 4.69) is 0 Å². The highest BCUT2D eigenvalue weighted by atomic mass is 16.5. The Kier molecular flexibility index (Phi) is 4.95. The van der Waals surface area contributed by atoms with E-state index in [-0.39, 0.29) is 17.1 Å². The van der Waals surface area contributed by atoms with Crippen molar-refractivity contribution in [3.63, 3.8) is 0 Å². The van der Waals surface area contributed by atoms with Crippen molar-refractivity contribution in [2.24, 2.45) is 0 Å². The number of phenolic OH excluding ortho intramolecular Hbond substituents is 1. The third kappa shape index (κ3) is 3.01. The Bertz CT molecular complexity index is 701. The lowest BCUT2D eigenvalue weighted by Crippen LogP contribution is -1.98. The molecule has 0 saturated heterocycles. The molecule has 0 aliphatic heterocycles. The zero-order chi connectivity index (χ0) is 17.0. The van der Waals surface area contributed by atoms with Gasteiger partial charge in [0.15, 0.2) is 17.8 Å². The van der Waals surface area contributed by atoms with Crippen LogP contribution in [0.25, 0.3) is 11.1 Å². The first-order valence-corrected chi connectivity index (χ1v) is 6.76. The van der Waals surface area contributed by atoms with Crippen LogP contribution in [0.1, 0.15) is 10.4 Å². The van der Waals surface area contributed by atoms with Crippen LogP contribution in [-0.4, -0.2) is 39.8 Å². The van der Waals surface area contributed by atoms with Crippen LogP contribution in [0, 0.1) is 0 Å². The highest BCUT2D eigenvalue weighted by Gasteiger charge is 2.21. The van der Waals surface area contributed by atoms with Crippen molar-refractivity contribution in [3.8, 4) is 39.9 Å². The Morgan fingerprint density at radius 1 is 0.826 bits per heavy atom. The van der Waals surface area contributed by atoms with E-state index in [0.717, 1.165) is 0 Å². The normalized spacial score (nSPS) is 10.1. The van der Waals surface area contributed by atoms with Gasteiger partial charge in [0.05, 0.1) is 34.0 Å². The second-order valence-electron chi connectivity index (χ2n) is 4.65. The topological polar surface area (TPSA) is 74.2 Å². The fourth-order valence-corrected chi connectivity index (χ4v) is 2.31. The summed E-state index contributed by atoms with van der Waals surface area (Å²) in [4.78, 5) is 11.2. The van der Waals surface area contributed by atoms with E-state index in [1.54, 1.807) is 32.4 Å². The van der Waals surface area contributed by atoms with Gasteiger partial charge in [-0.1, -0.05) is 0 Å². The highest BCUT2D eigenvalue weighted by Crippen LogP contribution is 2.46. The summed E-state index contributed by atoms with van der Waals surface area (Å²) < 4.78 is 21.1. The van der Waals surface area contributed by atoms with Gasteiger partial charge in [-0.05, 0) is 23.8 Å². The molecule has 1 N–H and O–H groups in total. The molecule has 0 atom stereocenters. The number of carbonyl (C=O) groups excluding carboxylic acids is 1. The number of ether oxygens (including phenoxy) is 4. The summed E-state index contributed by atoms with van der Waals surface area (Å²) in [7, 11) is 5.94. The molecule has 2 rings (SSSR count). The van der Waals surface area contributed by atoms with Gasteiger partial charge in [0.25, 0.3) is 0 Å². The molecule has 0 fully saturated rings.